The average Bonchev–Trinajstić information content (AvgIpc) is 3.41. The van der Waals surface area contributed by atoms with Crippen molar-refractivity contribution in [3.05, 3.63) is 40.3 Å². The number of carbonyl (C=O) groups excluding carboxylic acids is 2. The number of aryl methyl sites for hydroxylation is 1. The van der Waals surface area contributed by atoms with Gasteiger partial charge >= 0.3 is 5.97 Å². The van der Waals surface area contributed by atoms with Gasteiger partial charge < -0.3 is 24.4 Å². The molecule has 1 unspecified atom stereocenters. The topological polar surface area (TPSA) is 118 Å². The fraction of sp³-hybridized carbons (Fsp3) is 0.462. The highest BCUT2D eigenvalue weighted by molar-refractivity contribution is 8.00. The van der Waals surface area contributed by atoms with E-state index in [4.69, 9.17) is 14.0 Å². The standard InChI is InChI=1S/C26H31N3O6S2/c1-4-19(37-24-26(32)35-28-29(24)16-12-14-17(33-3)15-13-16)22(30)27-23-21(25(31)34-5-2)18-10-8-6-7-9-11-20(18)36-23/h12-15,19H,4-11H2,1-3H3,(H-,27,28,30,31,32). The van der Waals surface area contributed by atoms with Crippen LogP contribution in [0, 0.1) is 0 Å². The normalized spacial score (nSPS) is 14.2. The van der Waals surface area contributed by atoms with E-state index in [1.54, 1.807) is 38.3 Å². The zero-order chi connectivity index (χ0) is 26.4. The van der Waals surface area contributed by atoms with Crippen LogP contribution in [0.3, 0.4) is 0 Å². The number of benzene rings is 1. The van der Waals surface area contributed by atoms with Crippen LogP contribution in [0.15, 0.2) is 33.8 Å². The number of nitrogens with zero attached hydrogens (tertiary/aromatic N) is 2. The Hall–Kier alpha value is -3.05. The number of fused-ring (bicyclic) bond motifs is 1. The number of rotatable bonds is 9. The minimum absolute atomic E-state index is 0.191. The molecule has 37 heavy (non-hydrogen) atoms. The first kappa shape index (κ1) is 27.0. The molecule has 0 bridgehead atoms. The van der Waals surface area contributed by atoms with Crippen LogP contribution >= 0.6 is 23.1 Å². The molecule has 1 aromatic carbocycles. The molecule has 0 saturated heterocycles. The Morgan fingerprint density at radius 2 is 1.92 bits per heavy atom. The van der Waals surface area contributed by atoms with E-state index in [0.29, 0.717) is 28.4 Å². The van der Waals surface area contributed by atoms with Gasteiger partial charge in [-0.15, -0.1) is 11.3 Å². The minimum Gasteiger partial charge on any atom is -0.538 e. The Morgan fingerprint density at radius 1 is 1.19 bits per heavy atom. The van der Waals surface area contributed by atoms with Crippen molar-refractivity contribution in [1.82, 2.24) is 5.27 Å². The van der Waals surface area contributed by atoms with Crippen LogP contribution in [0.5, 0.6) is 11.7 Å². The summed E-state index contributed by atoms with van der Waals surface area (Å²) in [5.74, 6) is -0.667. The first-order valence-corrected chi connectivity index (χ1v) is 14.2. The fourth-order valence-electron chi connectivity index (χ4n) is 4.30. The highest BCUT2D eigenvalue weighted by Gasteiger charge is 2.31. The highest BCUT2D eigenvalue weighted by atomic mass is 32.2. The Morgan fingerprint density at radius 3 is 2.59 bits per heavy atom. The highest BCUT2D eigenvalue weighted by Crippen LogP contribution is 2.38. The summed E-state index contributed by atoms with van der Waals surface area (Å²) in [5, 5.41) is 19.4. The molecule has 1 aliphatic rings. The lowest BCUT2D eigenvalue weighted by Gasteiger charge is -2.14. The Bertz CT molecular complexity index is 1240. The summed E-state index contributed by atoms with van der Waals surface area (Å²) in [6, 6.07) is 7.00. The van der Waals surface area contributed by atoms with E-state index in [2.05, 4.69) is 10.6 Å². The van der Waals surface area contributed by atoms with Gasteiger partial charge in [0.05, 0.1) is 29.8 Å². The van der Waals surface area contributed by atoms with E-state index in [-0.39, 0.29) is 17.5 Å². The number of hydrogen-bond acceptors (Lipinski definition) is 9. The minimum atomic E-state index is -0.627. The van der Waals surface area contributed by atoms with Gasteiger partial charge in [-0.3, -0.25) is 4.79 Å². The Balaban J connectivity index is 1.59. The van der Waals surface area contributed by atoms with Gasteiger partial charge in [-0.2, -0.15) is 0 Å². The molecule has 11 heteroatoms. The maximum atomic E-state index is 13.4. The first-order chi connectivity index (χ1) is 18.0. The second-order valence-electron chi connectivity index (χ2n) is 8.62. The summed E-state index contributed by atoms with van der Waals surface area (Å²) in [4.78, 5) is 27.5. The molecule has 1 amide bonds. The second-order valence-corrected chi connectivity index (χ2v) is 10.9. The molecule has 1 aliphatic carbocycles. The SMILES string of the molecule is CCOC(=O)c1c(NC(=O)C(CC)Sc2c([O-])on[n+]2-c2ccc(OC)cc2)sc2c1CCCCCC2. The van der Waals surface area contributed by atoms with Gasteiger partial charge in [-0.1, -0.05) is 19.8 Å². The third-order valence-electron chi connectivity index (χ3n) is 6.19. The molecule has 2 aromatic heterocycles. The molecule has 2 heterocycles. The van der Waals surface area contributed by atoms with Gasteiger partial charge in [-0.25, -0.2) is 4.79 Å². The van der Waals surface area contributed by atoms with Crippen molar-refractivity contribution >= 4 is 40.0 Å². The largest absolute Gasteiger partial charge is 0.538 e. The van der Waals surface area contributed by atoms with E-state index in [0.717, 1.165) is 60.7 Å². The third kappa shape index (κ3) is 6.10. The van der Waals surface area contributed by atoms with E-state index in [9.17, 15) is 14.7 Å². The molecule has 0 saturated carbocycles. The van der Waals surface area contributed by atoms with Gasteiger partial charge in [-0.05, 0) is 73.2 Å². The number of methoxy groups -OCH3 is 1. The number of thioether (sulfide) groups is 1. The summed E-state index contributed by atoms with van der Waals surface area (Å²) < 4.78 is 16.8. The van der Waals surface area contributed by atoms with Crippen LogP contribution in [-0.4, -0.2) is 36.1 Å². The molecule has 1 N–H and O–H groups in total. The number of thiophene rings is 1. The van der Waals surface area contributed by atoms with Crippen LogP contribution in [0.4, 0.5) is 5.00 Å². The lowest BCUT2D eigenvalue weighted by atomic mass is 9.96. The molecule has 4 rings (SSSR count). The number of hydrogen-bond donors (Lipinski definition) is 1. The summed E-state index contributed by atoms with van der Waals surface area (Å²) in [7, 11) is 1.57. The van der Waals surface area contributed by atoms with Crippen molar-refractivity contribution in [1.29, 1.82) is 0 Å². The maximum absolute atomic E-state index is 13.4. The monoisotopic (exact) mass is 545 g/mol. The predicted octanol–water partition coefficient (Wildman–Crippen LogP) is 4.44. The van der Waals surface area contributed by atoms with E-state index in [1.165, 1.54) is 16.0 Å². The summed E-state index contributed by atoms with van der Waals surface area (Å²) >= 11 is 2.54. The van der Waals surface area contributed by atoms with Crippen molar-refractivity contribution in [2.75, 3.05) is 19.0 Å². The van der Waals surface area contributed by atoms with E-state index < -0.39 is 17.2 Å². The zero-order valence-electron chi connectivity index (χ0n) is 21.2. The van der Waals surface area contributed by atoms with E-state index >= 15 is 0 Å². The molecule has 198 valence electrons. The smallest absolute Gasteiger partial charge is 0.341 e. The molecule has 1 atom stereocenters. The molecule has 0 radical (unpaired) electrons. The van der Waals surface area contributed by atoms with Crippen molar-refractivity contribution in [3.63, 3.8) is 0 Å². The Labute approximate surface area is 224 Å². The van der Waals surface area contributed by atoms with Crippen molar-refractivity contribution in [2.45, 2.75) is 69.1 Å². The van der Waals surface area contributed by atoms with Crippen LogP contribution in [0.1, 0.15) is 66.8 Å². The number of carbonyl (C=O) groups is 2. The fourth-order valence-corrected chi connectivity index (χ4v) is 6.56. The van der Waals surface area contributed by atoms with Gasteiger partial charge in [0.15, 0.2) is 5.95 Å². The third-order valence-corrected chi connectivity index (χ3v) is 8.80. The molecular formula is C26H31N3O6S2. The summed E-state index contributed by atoms with van der Waals surface area (Å²) in [5.41, 5.74) is 2.07. The maximum Gasteiger partial charge on any atom is 0.341 e. The number of ether oxygens (including phenoxy) is 2. The molecule has 3 aromatic rings. The summed E-state index contributed by atoms with van der Waals surface area (Å²) in [6.07, 6.45) is 6.47. The van der Waals surface area contributed by atoms with E-state index in [1.807, 2.05) is 6.92 Å². The van der Waals surface area contributed by atoms with Gasteiger partial charge in [0.1, 0.15) is 10.8 Å². The quantitative estimate of drug-likeness (QED) is 0.238. The van der Waals surface area contributed by atoms with Gasteiger partial charge in [0.2, 0.25) is 11.6 Å². The average molecular weight is 546 g/mol. The zero-order valence-corrected chi connectivity index (χ0v) is 22.8. The number of esters is 1. The molecular weight excluding hydrogens is 514 g/mol. The molecule has 0 spiro atoms. The summed E-state index contributed by atoms with van der Waals surface area (Å²) in [6.45, 7) is 3.90. The van der Waals surface area contributed by atoms with Crippen molar-refractivity contribution < 1.29 is 33.4 Å². The number of aromatic nitrogens is 2. The van der Waals surface area contributed by atoms with Crippen LogP contribution < -0.4 is 19.8 Å². The molecule has 0 aliphatic heterocycles. The van der Waals surface area contributed by atoms with Crippen LogP contribution in [-0.2, 0) is 22.4 Å². The van der Waals surface area contributed by atoms with Crippen LogP contribution in [0.25, 0.3) is 5.69 Å². The van der Waals surface area contributed by atoms with Crippen LogP contribution in [0.2, 0.25) is 0 Å². The Kier molecular flexibility index (Phi) is 9.09. The van der Waals surface area contributed by atoms with Gasteiger partial charge in [0, 0.05) is 17.0 Å². The second kappa shape index (κ2) is 12.5. The van der Waals surface area contributed by atoms with Crippen molar-refractivity contribution in [2.24, 2.45) is 0 Å². The lowest BCUT2D eigenvalue weighted by molar-refractivity contribution is -0.705. The van der Waals surface area contributed by atoms with Gasteiger partial charge in [0.25, 0.3) is 5.03 Å². The molecule has 0 fully saturated rings. The molecule has 9 nitrogen and oxygen atoms in total. The predicted molar refractivity (Wildman–Crippen MR) is 139 cm³/mol. The van der Waals surface area contributed by atoms with Crippen molar-refractivity contribution in [3.8, 4) is 17.4 Å². The number of nitrogens with one attached hydrogen (secondary N) is 1. The number of anilines is 1. The number of amides is 1. The lowest BCUT2D eigenvalue weighted by Crippen LogP contribution is -2.36. The first-order valence-electron chi connectivity index (χ1n) is 12.5.